The number of rotatable bonds is 5. The maximum Gasteiger partial charge on any atom is 0.161 e. The van der Waals surface area contributed by atoms with Crippen LogP contribution in [0.25, 0.3) is 33.8 Å². The molecule has 5 rings (SSSR count). The molecule has 0 unspecified atom stereocenters. The van der Waals surface area contributed by atoms with Gasteiger partial charge in [0, 0.05) is 41.0 Å². The van der Waals surface area contributed by atoms with E-state index in [0.29, 0.717) is 29.4 Å². The van der Waals surface area contributed by atoms with Crippen molar-refractivity contribution in [3.63, 3.8) is 0 Å². The summed E-state index contributed by atoms with van der Waals surface area (Å²) in [7, 11) is 1.60. The van der Waals surface area contributed by atoms with Gasteiger partial charge in [0.15, 0.2) is 5.82 Å². The summed E-state index contributed by atoms with van der Waals surface area (Å²) in [5.41, 5.74) is 4.81. The number of benzene rings is 1. The summed E-state index contributed by atoms with van der Waals surface area (Å²) in [5, 5.41) is 15.3. The highest BCUT2D eigenvalue weighted by atomic mass is 35.5. The molecular formula is C24H24ClN5O2. The van der Waals surface area contributed by atoms with Crippen molar-refractivity contribution >= 4 is 11.6 Å². The minimum Gasteiger partial charge on any atom is -0.495 e. The quantitative estimate of drug-likeness (QED) is 0.444. The van der Waals surface area contributed by atoms with Crippen molar-refractivity contribution in [2.75, 3.05) is 7.11 Å². The van der Waals surface area contributed by atoms with Crippen molar-refractivity contribution in [1.29, 1.82) is 0 Å². The lowest BCUT2D eigenvalue weighted by Crippen LogP contribution is -2.42. The Morgan fingerprint density at radius 3 is 2.59 bits per heavy atom. The Bertz CT molecular complexity index is 1270. The number of aromatic nitrogens is 5. The second-order valence-electron chi connectivity index (χ2n) is 8.49. The fourth-order valence-corrected chi connectivity index (χ4v) is 4.86. The first-order valence-corrected chi connectivity index (χ1v) is 10.9. The Labute approximate surface area is 191 Å². The molecule has 7 nitrogen and oxygen atoms in total. The van der Waals surface area contributed by atoms with E-state index in [0.717, 1.165) is 33.6 Å². The number of methoxy groups -OCH3 is 1. The molecule has 1 aromatic carbocycles. The molecule has 0 bridgehead atoms. The highest BCUT2D eigenvalue weighted by Gasteiger charge is 2.40. The molecular weight excluding hydrogens is 426 g/mol. The van der Waals surface area contributed by atoms with Crippen molar-refractivity contribution in [3.8, 4) is 39.5 Å². The standard InChI is InChI=1S/C24H24ClN5O2/c1-14-17(13-29-30(14)15-10-24(2,31)11-15)22-20(23-26-8-5-9-27-23)18(12-28-22)16-6-4-7-19(32-3)21(16)25/h4-9,12-13,15,28,31H,10-11H2,1-3H3. The molecule has 1 aliphatic rings. The molecule has 1 saturated carbocycles. The van der Waals surface area contributed by atoms with Crippen LogP contribution in [0.5, 0.6) is 5.75 Å². The van der Waals surface area contributed by atoms with Crippen molar-refractivity contribution in [2.45, 2.75) is 38.3 Å². The van der Waals surface area contributed by atoms with E-state index >= 15 is 0 Å². The Hall–Kier alpha value is -3.16. The van der Waals surface area contributed by atoms with Crippen LogP contribution in [0, 0.1) is 6.92 Å². The summed E-state index contributed by atoms with van der Waals surface area (Å²) in [6, 6.07) is 7.68. The lowest BCUT2D eigenvalue weighted by Gasteiger charge is -2.41. The molecule has 32 heavy (non-hydrogen) atoms. The molecule has 8 heteroatoms. The van der Waals surface area contributed by atoms with Crippen molar-refractivity contribution in [3.05, 3.63) is 59.8 Å². The van der Waals surface area contributed by atoms with Crippen LogP contribution in [0.15, 0.2) is 49.1 Å². The zero-order valence-electron chi connectivity index (χ0n) is 18.1. The molecule has 0 atom stereocenters. The first-order chi connectivity index (χ1) is 15.4. The molecule has 3 aromatic heterocycles. The van der Waals surface area contributed by atoms with Crippen LogP contribution in [0.4, 0.5) is 0 Å². The minimum absolute atomic E-state index is 0.192. The number of nitrogens with zero attached hydrogens (tertiary/aromatic N) is 4. The van der Waals surface area contributed by atoms with Crippen LogP contribution in [0.2, 0.25) is 5.02 Å². The number of hydrogen-bond acceptors (Lipinski definition) is 5. The number of hydrogen-bond donors (Lipinski definition) is 2. The Morgan fingerprint density at radius 2 is 1.91 bits per heavy atom. The maximum absolute atomic E-state index is 10.2. The number of nitrogens with one attached hydrogen (secondary N) is 1. The lowest BCUT2D eigenvalue weighted by atomic mass is 9.77. The molecule has 2 N–H and O–H groups in total. The molecule has 4 aromatic rings. The summed E-state index contributed by atoms with van der Waals surface area (Å²) >= 11 is 6.67. The lowest BCUT2D eigenvalue weighted by molar-refractivity contribution is -0.0548. The van der Waals surface area contributed by atoms with Gasteiger partial charge in [-0.2, -0.15) is 5.10 Å². The Morgan fingerprint density at radius 1 is 1.16 bits per heavy atom. The van der Waals surface area contributed by atoms with E-state index in [2.05, 4.69) is 20.1 Å². The topological polar surface area (TPSA) is 88.8 Å². The van der Waals surface area contributed by atoms with E-state index in [-0.39, 0.29) is 6.04 Å². The average Bonchev–Trinajstić information content (AvgIpc) is 3.36. The predicted molar refractivity (Wildman–Crippen MR) is 124 cm³/mol. The van der Waals surface area contributed by atoms with Gasteiger partial charge in [-0.15, -0.1) is 0 Å². The second-order valence-corrected chi connectivity index (χ2v) is 8.87. The molecule has 1 fully saturated rings. The zero-order valence-corrected chi connectivity index (χ0v) is 18.9. The normalized spacial score (nSPS) is 20.2. The highest BCUT2D eigenvalue weighted by molar-refractivity contribution is 6.35. The van der Waals surface area contributed by atoms with E-state index in [1.807, 2.05) is 49.1 Å². The van der Waals surface area contributed by atoms with E-state index < -0.39 is 5.60 Å². The van der Waals surface area contributed by atoms with E-state index in [1.165, 1.54) is 0 Å². The second kappa shape index (κ2) is 7.76. The van der Waals surface area contributed by atoms with E-state index in [1.54, 1.807) is 25.6 Å². The van der Waals surface area contributed by atoms with Gasteiger partial charge in [-0.25, -0.2) is 9.97 Å². The van der Waals surface area contributed by atoms with Gasteiger partial charge in [0.1, 0.15) is 5.75 Å². The molecule has 0 radical (unpaired) electrons. The van der Waals surface area contributed by atoms with Gasteiger partial charge in [-0.1, -0.05) is 23.7 Å². The van der Waals surface area contributed by atoms with Gasteiger partial charge in [-0.05, 0) is 38.8 Å². The van der Waals surface area contributed by atoms with Crippen LogP contribution in [0.1, 0.15) is 31.5 Å². The summed E-state index contributed by atoms with van der Waals surface area (Å²) in [5.74, 6) is 1.20. The fraction of sp³-hybridized carbons (Fsp3) is 0.292. The first kappa shape index (κ1) is 20.7. The molecule has 164 valence electrons. The minimum atomic E-state index is -0.616. The van der Waals surface area contributed by atoms with Gasteiger partial charge in [0.2, 0.25) is 0 Å². The monoisotopic (exact) mass is 449 g/mol. The van der Waals surface area contributed by atoms with Gasteiger partial charge < -0.3 is 14.8 Å². The summed E-state index contributed by atoms with van der Waals surface area (Å²) in [6.45, 7) is 3.91. The summed E-state index contributed by atoms with van der Waals surface area (Å²) < 4.78 is 7.42. The van der Waals surface area contributed by atoms with Crippen LogP contribution in [-0.2, 0) is 0 Å². The van der Waals surface area contributed by atoms with E-state index in [4.69, 9.17) is 16.3 Å². The van der Waals surface area contributed by atoms with E-state index in [9.17, 15) is 5.11 Å². The van der Waals surface area contributed by atoms with Gasteiger partial charge >= 0.3 is 0 Å². The average molecular weight is 450 g/mol. The number of aliphatic hydroxyl groups is 1. The van der Waals surface area contributed by atoms with Gasteiger partial charge in [0.25, 0.3) is 0 Å². The predicted octanol–water partition coefficient (Wildman–Crippen LogP) is 5.06. The summed E-state index contributed by atoms with van der Waals surface area (Å²) in [4.78, 5) is 12.5. The number of aromatic amines is 1. The number of halogens is 1. The zero-order chi connectivity index (χ0) is 22.5. The van der Waals surface area contributed by atoms with Crippen LogP contribution >= 0.6 is 11.6 Å². The number of H-pyrrole nitrogens is 1. The maximum atomic E-state index is 10.2. The van der Waals surface area contributed by atoms with Crippen LogP contribution in [0.3, 0.4) is 0 Å². The third kappa shape index (κ3) is 3.38. The van der Waals surface area contributed by atoms with Gasteiger partial charge in [0.05, 0.1) is 41.2 Å². The third-order valence-electron chi connectivity index (χ3n) is 6.15. The smallest absolute Gasteiger partial charge is 0.161 e. The molecule has 0 spiro atoms. The molecule has 0 aliphatic heterocycles. The van der Waals surface area contributed by atoms with Crippen molar-refractivity contribution in [2.24, 2.45) is 0 Å². The highest BCUT2D eigenvalue weighted by Crippen LogP contribution is 2.45. The number of ether oxygens (including phenoxy) is 1. The third-order valence-corrected chi connectivity index (χ3v) is 6.54. The fourth-order valence-electron chi connectivity index (χ4n) is 4.55. The van der Waals surface area contributed by atoms with Crippen LogP contribution in [-0.4, -0.2) is 42.5 Å². The SMILES string of the molecule is COc1cccc(-c2c[nH]c(-c3cnn(C4CC(C)(O)C4)c3C)c2-c2ncccn2)c1Cl. The molecule has 0 amide bonds. The molecule has 3 heterocycles. The summed E-state index contributed by atoms with van der Waals surface area (Å²) in [6.07, 6.45) is 8.62. The Kier molecular flexibility index (Phi) is 5.03. The van der Waals surface area contributed by atoms with Crippen LogP contribution < -0.4 is 4.74 Å². The first-order valence-electron chi connectivity index (χ1n) is 10.5. The van der Waals surface area contributed by atoms with Crippen molar-refractivity contribution < 1.29 is 9.84 Å². The van der Waals surface area contributed by atoms with Crippen molar-refractivity contribution in [1.82, 2.24) is 24.7 Å². The molecule has 0 saturated heterocycles. The molecule has 1 aliphatic carbocycles. The van der Waals surface area contributed by atoms with Gasteiger partial charge in [-0.3, -0.25) is 4.68 Å². The Balaban J connectivity index is 1.66. The largest absolute Gasteiger partial charge is 0.495 e.